The molecule has 0 heterocycles. The standard InChI is InChI=1S/C13H14F3NO2/c1-17(2)8-11(19-3)12(18)9-5-4-6-10(7-9)13(14,15)16/h4-8H,1-3H3. The van der Waals surface area contributed by atoms with Gasteiger partial charge in [0.05, 0.1) is 12.7 Å². The van der Waals surface area contributed by atoms with Crippen molar-refractivity contribution in [3.8, 4) is 0 Å². The number of methoxy groups -OCH3 is 1. The minimum absolute atomic E-state index is 0.0238. The number of nitrogens with zero attached hydrogens (tertiary/aromatic N) is 1. The lowest BCUT2D eigenvalue weighted by Crippen LogP contribution is -2.12. The summed E-state index contributed by atoms with van der Waals surface area (Å²) in [6, 6.07) is 4.24. The monoisotopic (exact) mass is 273 g/mol. The van der Waals surface area contributed by atoms with Crippen LogP contribution in [0.1, 0.15) is 15.9 Å². The van der Waals surface area contributed by atoms with Crippen LogP contribution in [0, 0.1) is 0 Å². The van der Waals surface area contributed by atoms with Crippen molar-refractivity contribution in [3.63, 3.8) is 0 Å². The molecular formula is C13H14F3NO2. The first kappa shape index (κ1) is 15.1. The van der Waals surface area contributed by atoms with Gasteiger partial charge in [0.25, 0.3) is 0 Å². The number of carbonyl (C=O) groups is 1. The zero-order chi connectivity index (χ0) is 14.6. The lowest BCUT2D eigenvalue weighted by atomic mass is 10.1. The minimum atomic E-state index is -4.48. The van der Waals surface area contributed by atoms with E-state index < -0.39 is 17.5 Å². The molecule has 0 spiro atoms. The first-order valence-corrected chi connectivity index (χ1v) is 5.40. The number of alkyl halides is 3. The summed E-state index contributed by atoms with van der Waals surface area (Å²) >= 11 is 0. The fourth-order valence-electron chi connectivity index (χ4n) is 1.42. The molecule has 3 nitrogen and oxygen atoms in total. The van der Waals surface area contributed by atoms with Gasteiger partial charge in [0.1, 0.15) is 0 Å². The van der Waals surface area contributed by atoms with E-state index in [4.69, 9.17) is 4.74 Å². The maximum Gasteiger partial charge on any atom is 0.416 e. The number of carbonyl (C=O) groups excluding carboxylic acids is 1. The molecule has 0 aliphatic rings. The van der Waals surface area contributed by atoms with Crippen molar-refractivity contribution < 1.29 is 22.7 Å². The molecule has 0 unspecified atom stereocenters. The molecule has 0 saturated carbocycles. The van der Waals surface area contributed by atoms with Gasteiger partial charge in [-0.2, -0.15) is 13.2 Å². The molecule has 0 aliphatic heterocycles. The molecular weight excluding hydrogens is 259 g/mol. The van der Waals surface area contributed by atoms with Crippen LogP contribution in [-0.2, 0) is 10.9 Å². The second-order valence-corrected chi connectivity index (χ2v) is 4.07. The van der Waals surface area contributed by atoms with Crippen molar-refractivity contribution >= 4 is 5.78 Å². The van der Waals surface area contributed by atoms with Crippen molar-refractivity contribution in [1.82, 2.24) is 4.90 Å². The van der Waals surface area contributed by atoms with Gasteiger partial charge < -0.3 is 9.64 Å². The summed E-state index contributed by atoms with van der Waals surface area (Å²) in [6.45, 7) is 0. The first-order valence-electron chi connectivity index (χ1n) is 5.40. The highest BCUT2D eigenvalue weighted by Crippen LogP contribution is 2.30. The van der Waals surface area contributed by atoms with Gasteiger partial charge in [0.15, 0.2) is 5.76 Å². The van der Waals surface area contributed by atoms with E-state index in [-0.39, 0.29) is 11.3 Å². The normalized spacial score (nSPS) is 12.2. The van der Waals surface area contributed by atoms with Gasteiger partial charge in [-0.3, -0.25) is 4.79 Å². The zero-order valence-corrected chi connectivity index (χ0v) is 10.8. The Bertz CT molecular complexity index is 493. The smallest absolute Gasteiger partial charge is 0.416 e. The molecule has 0 atom stereocenters. The Morgan fingerprint density at radius 3 is 2.42 bits per heavy atom. The summed E-state index contributed by atoms with van der Waals surface area (Å²) in [5, 5.41) is 0. The third kappa shape index (κ3) is 4.01. The molecule has 0 amide bonds. The summed E-state index contributed by atoms with van der Waals surface area (Å²) in [4.78, 5) is 13.6. The number of ether oxygens (including phenoxy) is 1. The van der Waals surface area contributed by atoms with Crippen LogP contribution in [0.3, 0.4) is 0 Å². The topological polar surface area (TPSA) is 29.5 Å². The van der Waals surface area contributed by atoms with E-state index in [0.717, 1.165) is 12.1 Å². The van der Waals surface area contributed by atoms with Gasteiger partial charge in [-0.1, -0.05) is 12.1 Å². The van der Waals surface area contributed by atoms with E-state index in [0.29, 0.717) is 0 Å². The van der Waals surface area contributed by atoms with Crippen molar-refractivity contribution in [2.45, 2.75) is 6.18 Å². The largest absolute Gasteiger partial charge is 0.491 e. The first-order chi connectivity index (χ1) is 8.75. The molecule has 19 heavy (non-hydrogen) atoms. The Hall–Kier alpha value is -1.98. The SMILES string of the molecule is COC(=CN(C)C)C(=O)c1cccc(C(F)(F)F)c1. The molecule has 1 aromatic rings. The Morgan fingerprint density at radius 2 is 1.95 bits per heavy atom. The van der Waals surface area contributed by atoms with Gasteiger partial charge >= 0.3 is 6.18 Å². The van der Waals surface area contributed by atoms with Gasteiger partial charge in [-0.05, 0) is 12.1 Å². The molecule has 6 heteroatoms. The van der Waals surface area contributed by atoms with Crippen LogP contribution in [0.25, 0.3) is 0 Å². The number of Topliss-reactive ketones (excluding diaryl/α,β-unsaturated/α-hetero) is 1. The summed E-state index contributed by atoms with van der Waals surface area (Å²) in [5.41, 5.74) is -0.927. The molecule has 1 rings (SSSR count). The van der Waals surface area contributed by atoms with E-state index in [9.17, 15) is 18.0 Å². The average Bonchev–Trinajstić information content (AvgIpc) is 2.34. The van der Waals surface area contributed by atoms with Crippen molar-refractivity contribution in [1.29, 1.82) is 0 Å². The van der Waals surface area contributed by atoms with Crippen LogP contribution in [0.2, 0.25) is 0 Å². The zero-order valence-electron chi connectivity index (χ0n) is 10.8. The van der Waals surface area contributed by atoms with Crippen molar-refractivity contribution in [2.75, 3.05) is 21.2 Å². The summed E-state index contributed by atoms with van der Waals surface area (Å²) in [7, 11) is 4.65. The predicted octanol–water partition coefficient (Wildman–Crippen LogP) is 2.94. The molecule has 0 radical (unpaired) electrons. The maximum absolute atomic E-state index is 12.6. The number of hydrogen-bond donors (Lipinski definition) is 0. The number of hydrogen-bond acceptors (Lipinski definition) is 3. The van der Waals surface area contributed by atoms with Crippen LogP contribution in [0.5, 0.6) is 0 Å². The Morgan fingerprint density at radius 1 is 1.32 bits per heavy atom. The molecule has 104 valence electrons. The van der Waals surface area contributed by atoms with Gasteiger partial charge in [0, 0.05) is 25.9 Å². The molecule has 0 bridgehead atoms. The fourth-order valence-corrected chi connectivity index (χ4v) is 1.42. The Labute approximate surface area is 109 Å². The van der Waals surface area contributed by atoms with Crippen molar-refractivity contribution in [3.05, 3.63) is 47.4 Å². The molecule has 0 aromatic heterocycles. The predicted molar refractivity (Wildman–Crippen MR) is 64.6 cm³/mol. The average molecular weight is 273 g/mol. The highest BCUT2D eigenvalue weighted by Gasteiger charge is 2.31. The summed E-state index contributed by atoms with van der Waals surface area (Å²) in [5.74, 6) is -0.619. The van der Waals surface area contributed by atoms with Crippen LogP contribution >= 0.6 is 0 Å². The number of halogens is 3. The number of benzene rings is 1. The van der Waals surface area contributed by atoms with Crippen LogP contribution in [0.15, 0.2) is 36.2 Å². The highest BCUT2D eigenvalue weighted by atomic mass is 19.4. The second kappa shape index (κ2) is 5.77. The third-order valence-electron chi connectivity index (χ3n) is 2.27. The van der Waals surface area contributed by atoms with E-state index in [2.05, 4.69) is 0 Å². The maximum atomic E-state index is 12.6. The van der Waals surface area contributed by atoms with Gasteiger partial charge in [-0.15, -0.1) is 0 Å². The molecule has 0 aliphatic carbocycles. The molecule has 0 saturated heterocycles. The van der Waals surface area contributed by atoms with Crippen LogP contribution < -0.4 is 0 Å². The third-order valence-corrected chi connectivity index (χ3v) is 2.27. The van der Waals surface area contributed by atoms with E-state index >= 15 is 0 Å². The second-order valence-electron chi connectivity index (χ2n) is 4.07. The quantitative estimate of drug-likeness (QED) is 0.480. The number of allylic oxidation sites excluding steroid dienone is 1. The highest BCUT2D eigenvalue weighted by molar-refractivity contribution is 6.07. The Balaban J connectivity index is 3.13. The summed E-state index contributed by atoms with van der Waals surface area (Å²) in [6.07, 6.45) is -3.07. The lowest BCUT2D eigenvalue weighted by molar-refractivity contribution is -0.137. The molecule has 0 N–H and O–H groups in total. The molecule has 1 aromatic carbocycles. The molecule has 0 fully saturated rings. The van der Waals surface area contributed by atoms with E-state index in [1.54, 1.807) is 19.0 Å². The summed E-state index contributed by atoms with van der Waals surface area (Å²) < 4.78 is 42.6. The van der Waals surface area contributed by atoms with Crippen LogP contribution in [-0.4, -0.2) is 31.9 Å². The number of ketones is 1. The van der Waals surface area contributed by atoms with Gasteiger partial charge in [0.2, 0.25) is 5.78 Å². The van der Waals surface area contributed by atoms with Gasteiger partial charge in [-0.25, -0.2) is 0 Å². The van der Waals surface area contributed by atoms with E-state index in [1.807, 2.05) is 0 Å². The van der Waals surface area contributed by atoms with E-state index in [1.165, 1.54) is 25.4 Å². The van der Waals surface area contributed by atoms with Crippen molar-refractivity contribution in [2.24, 2.45) is 0 Å². The fraction of sp³-hybridized carbons (Fsp3) is 0.308. The Kier molecular flexibility index (Phi) is 4.58. The van der Waals surface area contributed by atoms with Crippen LogP contribution in [0.4, 0.5) is 13.2 Å². The number of rotatable bonds is 4. The lowest BCUT2D eigenvalue weighted by Gasteiger charge is -2.11. The minimum Gasteiger partial charge on any atom is -0.491 e.